The molecule has 1 aromatic carbocycles. The molecule has 0 N–H and O–H groups in total. The van der Waals surface area contributed by atoms with E-state index >= 15 is 0 Å². The van der Waals surface area contributed by atoms with Crippen LogP contribution in [0.5, 0.6) is 0 Å². The highest BCUT2D eigenvalue weighted by molar-refractivity contribution is 5.73. The van der Waals surface area contributed by atoms with E-state index in [2.05, 4.69) is 55.3 Å². The van der Waals surface area contributed by atoms with Crippen molar-refractivity contribution in [1.29, 1.82) is 0 Å². The van der Waals surface area contributed by atoms with Crippen LogP contribution < -0.4 is 0 Å². The van der Waals surface area contributed by atoms with E-state index in [9.17, 15) is 4.79 Å². The van der Waals surface area contributed by atoms with Crippen molar-refractivity contribution in [2.75, 3.05) is 0 Å². The van der Waals surface area contributed by atoms with Gasteiger partial charge in [-0.15, -0.1) is 5.10 Å². The number of rotatable bonds is 4. The van der Waals surface area contributed by atoms with Gasteiger partial charge in [0.1, 0.15) is 5.69 Å². The molecular weight excluding hydrogens is 250 g/mol. The quantitative estimate of drug-likeness (QED) is 0.803. The van der Waals surface area contributed by atoms with Crippen molar-refractivity contribution in [2.24, 2.45) is 0 Å². The predicted octanol–water partition coefficient (Wildman–Crippen LogP) is 3.00. The lowest BCUT2D eigenvalue weighted by Crippen LogP contribution is -2.11. The third-order valence-corrected chi connectivity index (χ3v) is 3.47. The first-order valence-corrected chi connectivity index (χ1v) is 6.92. The monoisotopic (exact) mass is 271 g/mol. The minimum Gasteiger partial charge on any atom is -0.296 e. The Bertz CT molecular complexity index is 591. The number of carbonyl (C=O) groups is 1. The van der Waals surface area contributed by atoms with Crippen LogP contribution in [-0.2, 0) is 18.4 Å². The summed E-state index contributed by atoms with van der Waals surface area (Å²) in [7, 11) is 0. The molecule has 0 radical (unpaired) electrons. The molecule has 0 saturated heterocycles. The fourth-order valence-electron chi connectivity index (χ4n) is 2.21. The SMILES string of the molecule is CCc1c(C=O)nnn1Cc1ccc(C(C)(C)C)cc1. The average molecular weight is 271 g/mol. The van der Waals surface area contributed by atoms with Crippen LogP contribution in [0.15, 0.2) is 24.3 Å². The van der Waals surface area contributed by atoms with Gasteiger partial charge in [-0.3, -0.25) is 4.79 Å². The highest BCUT2D eigenvalue weighted by atomic mass is 16.1. The molecule has 2 aromatic rings. The Balaban J connectivity index is 2.22. The molecule has 4 nitrogen and oxygen atoms in total. The van der Waals surface area contributed by atoms with Crippen LogP contribution in [0.2, 0.25) is 0 Å². The molecule has 0 aliphatic carbocycles. The van der Waals surface area contributed by atoms with E-state index in [4.69, 9.17) is 0 Å². The van der Waals surface area contributed by atoms with Crippen LogP contribution in [0.25, 0.3) is 0 Å². The molecule has 1 aromatic heterocycles. The molecule has 0 fully saturated rings. The van der Waals surface area contributed by atoms with Gasteiger partial charge < -0.3 is 0 Å². The minimum atomic E-state index is 0.158. The fourth-order valence-corrected chi connectivity index (χ4v) is 2.21. The summed E-state index contributed by atoms with van der Waals surface area (Å²) < 4.78 is 1.80. The van der Waals surface area contributed by atoms with E-state index in [0.29, 0.717) is 12.2 Å². The van der Waals surface area contributed by atoms with E-state index in [-0.39, 0.29) is 5.41 Å². The first kappa shape index (κ1) is 14.4. The normalized spacial score (nSPS) is 11.6. The molecule has 20 heavy (non-hydrogen) atoms. The second kappa shape index (κ2) is 5.57. The van der Waals surface area contributed by atoms with Crippen LogP contribution in [0.3, 0.4) is 0 Å². The molecule has 0 saturated carbocycles. The van der Waals surface area contributed by atoms with E-state index in [1.54, 1.807) is 4.68 Å². The van der Waals surface area contributed by atoms with E-state index in [0.717, 1.165) is 24.0 Å². The summed E-state index contributed by atoms with van der Waals surface area (Å²) in [6.45, 7) is 9.25. The smallest absolute Gasteiger partial charge is 0.172 e. The van der Waals surface area contributed by atoms with Gasteiger partial charge in [-0.05, 0) is 23.0 Å². The Morgan fingerprint density at radius 2 is 1.85 bits per heavy atom. The molecule has 0 aliphatic heterocycles. The zero-order chi connectivity index (χ0) is 14.8. The lowest BCUT2D eigenvalue weighted by molar-refractivity contribution is 0.111. The van der Waals surface area contributed by atoms with Crippen LogP contribution >= 0.6 is 0 Å². The van der Waals surface area contributed by atoms with Crippen LogP contribution in [0.4, 0.5) is 0 Å². The number of benzene rings is 1. The van der Waals surface area contributed by atoms with E-state index < -0.39 is 0 Å². The third-order valence-electron chi connectivity index (χ3n) is 3.47. The molecule has 1 heterocycles. The molecular formula is C16H21N3O. The largest absolute Gasteiger partial charge is 0.296 e. The second-order valence-electron chi connectivity index (χ2n) is 6.00. The van der Waals surface area contributed by atoms with Crippen molar-refractivity contribution in [3.63, 3.8) is 0 Å². The Kier molecular flexibility index (Phi) is 4.02. The van der Waals surface area contributed by atoms with Crippen molar-refractivity contribution in [2.45, 2.75) is 46.1 Å². The number of carbonyl (C=O) groups excluding carboxylic acids is 1. The number of hydrogen-bond acceptors (Lipinski definition) is 3. The summed E-state index contributed by atoms with van der Waals surface area (Å²) in [6, 6.07) is 8.53. The van der Waals surface area contributed by atoms with Crippen molar-refractivity contribution in [3.05, 3.63) is 46.8 Å². The number of aldehydes is 1. The van der Waals surface area contributed by atoms with Crippen molar-refractivity contribution in [3.8, 4) is 0 Å². The van der Waals surface area contributed by atoms with Gasteiger partial charge in [0, 0.05) is 0 Å². The Morgan fingerprint density at radius 3 is 2.35 bits per heavy atom. The number of nitrogens with zero attached hydrogens (tertiary/aromatic N) is 3. The maximum Gasteiger partial charge on any atom is 0.172 e. The van der Waals surface area contributed by atoms with Crippen LogP contribution in [-0.4, -0.2) is 21.3 Å². The maximum atomic E-state index is 10.9. The molecule has 0 amide bonds. The molecule has 0 unspecified atom stereocenters. The lowest BCUT2D eigenvalue weighted by atomic mass is 9.87. The zero-order valence-electron chi connectivity index (χ0n) is 12.6. The number of hydrogen-bond donors (Lipinski definition) is 0. The highest BCUT2D eigenvalue weighted by Crippen LogP contribution is 2.22. The topological polar surface area (TPSA) is 47.8 Å². The van der Waals surface area contributed by atoms with Crippen molar-refractivity contribution >= 4 is 6.29 Å². The summed E-state index contributed by atoms with van der Waals surface area (Å²) in [5.41, 5.74) is 3.96. The van der Waals surface area contributed by atoms with Gasteiger partial charge in [0.2, 0.25) is 0 Å². The zero-order valence-corrected chi connectivity index (χ0v) is 12.6. The van der Waals surface area contributed by atoms with Gasteiger partial charge in [0.25, 0.3) is 0 Å². The highest BCUT2D eigenvalue weighted by Gasteiger charge is 2.14. The summed E-state index contributed by atoms with van der Waals surface area (Å²) in [6.07, 6.45) is 1.52. The summed E-state index contributed by atoms with van der Waals surface area (Å²) in [4.78, 5) is 10.9. The first-order chi connectivity index (χ1) is 9.45. The van der Waals surface area contributed by atoms with Gasteiger partial charge in [0.05, 0.1) is 12.2 Å². The van der Waals surface area contributed by atoms with Gasteiger partial charge in [-0.1, -0.05) is 57.2 Å². The van der Waals surface area contributed by atoms with E-state index in [1.165, 1.54) is 5.56 Å². The summed E-state index contributed by atoms with van der Waals surface area (Å²) in [5.74, 6) is 0. The molecule has 0 aliphatic rings. The molecule has 0 spiro atoms. The van der Waals surface area contributed by atoms with Crippen LogP contribution in [0, 0.1) is 0 Å². The standard InChI is InChI=1S/C16H21N3O/c1-5-15-14(11-20)17-18-19(15)10-12-6-8-13(9-7-12)16(2,3)4/h6-9,11H,5,10H2,1-4H3. The van der Waals surface area contributed by atoms with Crippen LogP contribution in [0.1, 0.15) is 55.0 Å². The third kappa shape index (κ3) is 2.95. The Labute approximate surface area is 119 Å². The predicted molar refractivity (Wildman–Crippen MR) is 79.0 cm³/mol. The fraction of sp³-hybridized carbons (Fsp3) is 0.438. The van der Waals surface area contributed by atoms with Crippen molar-refractivity contribution < 1.29 is 4.79 Å². The first-order valence-electron chi connectivity index (χ1n) is 6.92. The Morgan fingerprint density at radius 1 is 1.20 bits per heavy atom. The number of aromatic nitrogens is 3. The van der Waals surface area contributed by atoms with Gasteiger partial charge in [-0.25, -0.2) is 4.68 Å². The molecule has 0 bridgehead atoms. The summed E-state index contributed by atoms with van der Waals surface area (Å²) >= 11 is 0. The summed E-state index contributed by atoms with van der Waals surface area (Å²) in [5, 5.41) is 7.96. The lowest BCUT2D eigenvalue weighted by Gasteiger charge is -2.19. The second-order valence-corrected chi connectivity index (χ2v) is 6.00. The van der Waals surface area contributed by atoms with Gasteiger partial charge >= 0.3 is 0 Å². The van der Waals surface area contributed by atoms with Gasteiger partial charge in [-0.2, -0.15) is 0 Å². The maximum absolute atomic E-state index is 10.9. The van der Waals surface area contributed by atoms with Crippen molar-refractivity contribution in [1.82, 2.24) is 15.0 Å². The molecule has 2 rings (SSSR count). The Hall–Kier alpha value is -1.97. The minimum absolute atomic E-state index is 0.158. The molecule has 0 atom stereocenters. The average Bonchev–Trinajstić information content (AvgIpc) is 2.80. The molecule has 106 valence electrons. The van der Waals surface area contributed by atoms with Gasteiger partial charge in [0.15, 0.2) is 6.29 Å². The molecule has 4 heteroatoms. The van der Waals surface area contributed by atoms with E-state index in [1.807, 2.05) is 6.92 Å².